The first-order chi connectivity index (χ1) is 6.43. The number of anilines is 1. The molecule has 0 saturated heterocycles. The van der Waals surface area contributed by atoms with Crippen LogP contribution in [0.25, 0.3) is 0 Å². The molecular weight excluding hydrogens is 268 g/mol. The van der Waals surface area contributed by atoms with Crippen LogP contribution in [0.15, 0.2) is 24.3 Å². The van der Waals surface area contributed by atoms with Crippen LogP contribution in [0.4, 0.5) is 10.5 Å². The summed E-state index contributed by atoms with van der Waals surface area (Å²) in [5.74, 6) is -0.931. The Morgan fingerprint density at radius 3 is 1.62 bits per heavy atom. The first-order valence-electron chi connectivity index (χ1n) is 3.40. The van der Waals surface area contributed by atoms with E-state index in [-0.39, 0.29) is 108 Å². The molecule has 3 N–H and O–H groups in total. The van der Waals surface area contributed by atoms with Gasteiger partial charge in [0.25, 0.3) is 0 Å². The third kappa shape index (κ3) is 13.1. The van der Waals surface area contributed by atoms with Crippen LogP contribution < -0.4 is 119 Å². The number of nitrogen functional groups attached to an aromatic ring is 1. The molecule has 0 unspecified atom stereocenters. The maximum Gasteiger partial charge on any atom is 1.00 e. The van der Waals surface area contributed by atoms with Gasteiger partial charge in [0, 0.05) is 5.69 Å². The monoisotopic (exact) mass is 275 g/mol. The molecule has 1 rings (SSSR count). The Labute approximate surface area is 177 Å². The third-order valence-electron chi connectivity index (χ3n) is 1.16. The Balaban J connectivity index is -0.000000249. The van der Waals surface area contributed by atoms with Crippen LogP contribution >= 0.6 is 0 Å². The van der Waals surface area contributed by atoms with Crippen LogP contribution in [0.2, 0.25) is 0 Å². The molecule has 0 aliphatic heterocycles. The summed E-state index contributed by atoms with van der Waals surface area (Å²) in [5.41, 5.74) is 6.17. The number of carboxylic acid groups (broad SMARTS) is 3. The van der Waals surface area contributed by atoms with E-state index in [1.165, 1.54) is 12.1 Å². The van der Waals surface area contributed by atoms with E-state index < -0.39 is 12.1 Å². The zero-order chi connectivity index (χ0) is 11.1. The summed E-state index contributed by atoms with van der Waals surface area (Å²) in [4.78, 5) is 18.6. The molecule has 0 fully saturated rings. The van der Waals surface area contributed by atoms with Gasteiger partial charge in [-0.25, -0.2) is 4.79 Å². The number of hydrogen-bond acceptors (Lipinski definition) is 5. The number of rotatable bonds is 1. The summed E-state index contributed by atoms with van der Waals surface area (Å²) in [6.07, 6.45) is -2.33. The smallest absolute Gasteiger partial charge is 0.652 e. The fourth-order valence-electron chi connectivity index (χ4n) is 0.626. The van der Waals surface area contributed by atoms with Gasteiger partial charge in [0.1, 0.15) is 0 Å². The van der Waals surface area contributed by atoms with Crippen molar-refractivity contribution in [2.75, 3.05) is 5.73 Å². The van der Waals surface area contributed by atoms with E-state index in [0.29, 0.717) is 5.69 Å². The zero-order valence-corrected chi connectivity index (χ0v) is 15.2. The molecule has 0 saturated carbocycles. The molecule has 1 aromatic rings. The molecule has 0 aromatic heterocycles. The van der Waals surface area contributed by atoms with Gasteiger partial charge in [-0.3, -0.25) is 0 Å². The maximum atomic E-state index is 10.3. The molecule has 8 heteroatoms. The molecule has 16 heavy (non-hydrogen) atoms. The van der Waals surface area contributed by atoms with Gasteiger partial charge in [-0.15, -0.1) is 0 Å². The molecule has 0 heterocycles. The topological polar surface area (TPSA) is 127 Å². The molecule has 76 valence electrons. The Morgan fingerprint density at radius 1 is 1.06 bits per heavy atom. The second-order valence-corrected chi connectivity index (χ2v) is 2.18. The van der Waals surface area contributed by atoms with E-state index in [2.05, 4.69) is 0 Å². The van der Waals surface area contributed by atoms with Crippen LogP contribution in [0.3, 0.4) is 0 Å². The van der Waals surface area contributed by atoms with Crippen molar-refractivity contribution in [2.24, 2.45) is 0 Å². The van der Waals surface area contributed by atoms with Crippen molar-refractivity contribution in [3.63, 3.8) is 0 Å². The third-order valence-corrected chi connectivity index (χ3v) is 1.16. The SMILES string of the molecule is Nc1ccc(C(=O)O)cc1.O=C([O-])[O-].[K+].[K+]. The van der Waals surface area contributed by atoms with Gasteiger partial charge >= 0.3 is 109 Å². The maximum absolute atomic E-state index is 10.3. The van der Waals surface area contributed by atoms with Gasteiger partial charge < -0.3 is 25.8 Å². The quantitative estimate of drug-likeness (QED) is 0.387. The van der Waals surface area contributed by atoms with Crippen LogP contribution in [-0.2, 0) is 0 Å². The predicted molar refractivity (Wildman–Crippen MR) is 43.2 cm³/mol. The second kappa shape index (κ2) is 12.5. The van der Waals surface area contributed by atoms with Gasteiger partial charge in [0.2, 0.25) is 0 Å². The first-order valence-corrected chi connectivity index (χ1v) is 3.40. The van der Waals surface area contributed by atoms with Crippen LogP contribution in [0.5, 0.6) is 0 Å². The second-order valence-electron chi connectivity index (χ2n) is 2.18. The Hall–Kier alpha value is 1.03. The molecule has 0 bridgehead atoms. The van der Waals surface area contributed by atoms with Crippen molar-refractivity contribution in [2.45, 2.75) is 0 Å². The van der Waals surface area contributed by atoms with Crippen molar-refractivity contribution < 1.29 is 128 Å². The summed E-state index contributed by atoms with van der Waals surface area (Å²) in [6, 6.07) is 6.06. The summed E-state index contributed by atoms with van der Waals surface area (Å²) >= 11 is 0. The van der Waals surface area contributed by atoms with Crippen molar-refractivity contribution in [1.82, 2.24) is 0 Å². The predicted octanol–water partition coefficient (Wildman–Crippen LogP) is -7.47. The summed E-state index contributed by atoms with van der Waals surface area (Å²) in [6.45, 7) is 0. The van der Waals surface area contributed by atoms with Crippen molar-refractivity contribution in [1.29, 1.82) is 0 Å². The van der Waals surface area contributed by atoms with E-state index in [9.17, 15) is 4.79 Å². The molecule has 0 spiro atoms. The zero-order valence-electron chi connectivity index (χ0n) is 8.97. The molecular formula is C8H7K2NO5. The molecule has 0 aliphatic rings. The van der Waals surface area contributed by atoms with E-state index >= 15 is 0 Å². The van der Waals surface area contributed by atoms with Crippen molar-refractivity contribution in [3.8, 4) is 0 Å². The summed E-state index contributed by atoms with van der Waals surface area (Å²) in [7, 11) is 0. The number of carbonyl (C=O) groups is 2. The van der Waals surface area contributed by atoms with Crippen LogP contribution in [0, 0.1) is 0 Å². The average Bonchev–Trinajstić information content (AvgIpc) is 2.03. The Morgan fingerprint density at radius 2 is 1.38 bits per heavy atom. The van der Waals surface area contributed by atoms with E-state index in [1.807, 2.05) is 0 Å². The first kappa shape index (κ1) is 22.2. The van der Waals surface area contributed by atoms with Gasteiger partial charge in [-0.2, -0.15) is 0 Å². The molecule has 6 nitrogen and oxygen atoms in total. The standard InChI is InChI=1S/C7H7NO2.CH2O3.2K/c8-6-3-1-5(2-4-6)7(9)10;2-1(3)4;;/h1-4H,8H2,(H,9,10);(H2,2,3,4);;/q;;2*+1/p-2. The fraction of sp³-hybridized carbons (Fsp3) is 0. The minimum absolute atomic E-state index is 0. The van der Waals surface area contributed by atoms with Crippen LogP contribution in [0.1, 0.15) is 10.4 Å². The number of carboxylic acids is 1. The molecule has 0 atom stereocenters. The van der Waals surface area contributed by atoms with Gasteiger partial charge in [0.15, 0.2) is 0 Å². The molecule has 0 aliphatic carbocycles. The average molecular weight is 275 g/mol. The number of benzene rings is 1. The van der Waals surface area contributed by atoms with Gasteiger partial charge in [-0.1, -0.05) is 0 Å². The van der Waals surface area contributed by atoms with Gasteiger partial charge in [-0.05, 0) is 30.4 Å². The Kier molecular flexibility index (Phi) is 17.4. The number of carbonyl (C=O) groups excluding carboxylic acids is 1. The molecule has 0 amide bonds. The van der Waals surface area contributed by atoms with Gasteiger partial charge in [0.05, 0.1) is 5.56 Å². The Bertz CT molecular complexity index is 324. The van der Waals surface area contributed by atoms with Crippen molar-refractivity contribution in [3.05, 3.63) is 29.8 Å². The van der Waals surface area contributed by atoms with E-state index in [1.54, 1.807) is 12.1 Å². The number of aromatic carboxylic acids is 1. The van der Waals surface area contributed by atoms with Crippen molar-refractivity contribution >= 4 is 17.8 Å². The number of nitrogens with two attached hydrogens (primary N) is 1. The molecule has 1 aromatic carbocycles. The largest absolute Gasteiger partial charge is 1.00 e. The normalized spacial score (nSPS) is 7.25. The van der Waals surface area contributed by atoms with E-state index in [0.717, 1.165) is 0 Å². The number of hydrogen-bond donors (Lipinski definition) is 2. The fourth-order valence-corrected chi connectivity index (χ4v) is 0.626. The summed E-state index contributed by atoms with van der Waals surface area (Å²) < 4.78 is 0. The minimum Gasteiger partial charge on any atom is -0.652 e. The van der Waals surface area contributed by atoms with Crippen LogP contribution in [-0.4, -0.2) is 17.2 Å². The minimum atomic E-state index is -2.33. The summed E-state index contributed by atoms with van der Waals surface area (Å²) in [5, 5.41) is 25.1. The molecule has 0 radical (unpaired) electrons. The van der Waals surface area contributed by atoms with E-state index in [4.69, 9.17) is 25.8 Å².